The van der Waals surface area contributed by atoms with Crippen LogP contribution in [0.2, 0.25) is 0 Å². The van der Waals surface area contributed by atoms with Crippen LogP contribution in [0.25, 0.3) is 21.8 Å². The first kappa shape index (κ1) is 18.5. The van der Waals surface area contributed by atoms with Crippen LogP contribution < -0.4 is 25.6 Å². The van der Waals surface area contributed by atoms with Crippen molar-refractivity contribution in [2.75, 3.05) is 13.7 Å². The number of hydrogen-bond donors (Lipinski definition) is 4. The molecule has 32 heavy (non-hydrogen) atoms. The minimum absolute atomic E-state index is 0.539. The first-order valence-electron chi connectivity index (χ1n) is 11.4. The number of nitrogens with one attached hydrogen (secondary N) is 4. The number of aromatic amines is 1. The van der Waals surface area contributed by atoms with Crippen molar-refractivity contribution in [3.05, 3.63) is 64.7 Å². The maximum absolute atomic E-state index is 6.21. The maximum atomic E-state index is 6.21. The Morgan fingerprint density at radius 2 is 1.81 bits per heavy atom. The van der Waals surface area contributed by atoms with Gasteiger partial charge >= 0.3 is 0 Å². The third-order valence-electron chi connectivity index (χ3n) is 7.44. The zero-order valence-corrected chi connectivity index (χ0v) is 18.0. The van der Waals surface area contributed by atoms with Gasteiger partial charge in [-0.1, -0.05) is 6.07 Å². The number of aromatic nitrogens is 1. The number of rotatable bonds is 3. The molecule has 1 aromatic heterocycles. The second-order valence-corrected chi connectivity index (χ2v) is 9.09. The van der Waals surface area contributed by atoms with Crippen LogP contribution in [0.3, 0.4) is 0 Å². The quantitative estimate of drug-likeness (QED) is 0.395. The van der Waals surface area contributed by atoms with Crippen molar-refractivity contribution in [2.45, 2.75) is 37.9 Å². The molecule has 6 heteroatoms. The predicted octanol–water partition coefficient (Wildman–Crippen LogP) is 4.23. The Hall–Kier alpha value is -3.06. The van der Waals surface area contributed by atoms with Gasteiger partial charge in [-0.3, -0.25) is 10.9 Å². The molecule has 2 unspecified atom stereocenters. The van der Waals surface area contributed by atoms with E-state index < -0.39 is 0 Å². The summed E-state index contributed by atoms with van der Waals surface area (Å²) in [4.78, 5) is 3.78. The van der Waals surface area contributed by atoms with Crippen LogP contribution >= 0.6 is 0 Å². The summed E-state index contributed by atoms with van der Waals surface area (Å²) in [5.41, 5.74) is 15.5. The van der Waals surface area contributed by atoms with E-state index in [1.807, 2.05) is 30.3 Å². The Labute approximate surface area is 186 Å². The van der Waals surface area contributed by atoms with Gasteiger partial charge in [0, 0.05) is 53.9 Å². The molecule has 0 bridgehead atoms. The maximum Gasteiger partial charge on any atom is 0.131 e. The fourth-order valence-electron chi connectivity index (χ4n) is 6.04. The van der Waals surface area contributed by atoms with E-state index in [-0.39, 0.29) is 0 Å². The van der Waals surface area contributed by atoms with Crippen molar-refractivity contribution in [3.8, 4) is 17.2 Å². The third kappa shape index (κ3) is 2.64. The minimum atomic E-state index is 0.539. The van der Waals surface area contributed by atoms with Crippen LogP contribution in [0.15, 0.2) is 42.5 Å². The van der Waals surface area contributed by atoms with Crippen LogP contribution in [-0.2, 0) is 19.5 Å². The molecule has 7 rings (SSSR count). The molecule has 0 amide bonds. The standard InChI is InChI=1S/C26H26N4O2/c1-31-14-3-2-4-15(9-14)32-16-5-7-22-18(10-16)25-20-12-27-11-19(20)24-17(26(25)29-22)6-8-23-21(24)13-28-30-23/h2-5,7,9-10,21,23,27-30H,6,8,11-13H2,1H3. The SMILES string of the molecule is COc1cccc(Oc2ccc3[nH]c4c5c(c6c(c4c3c2)CNC6)C2CNNC2CC5)c1. The van der Waals surface area contributed by atoms with Gasteiger partial charge in [0.2, 0.25) is 0 Å². The Morgan fingerprint density at radius 1 is 0.938 bits per heavy atom. The molecular formula is C26H26N4O2. The molecule has 0 saturated carbocycles. The van der Waals surface area contributed by atoms with Gasteiger partial charge in [0.25, 0.3) is 0 Å². The molecule has 2 atom stereocenters. The molecule has 4 aromatic rings. The van der Waals surface area contributed by atoms with Crippen LogP contribution in [0, 0.1) is 0 Å². The number of fused-ring (bicyclic) bond motifs is 10. The van der Waals surface area contributed by atoms with Gasteiger partial charge in [0.05, 0.1) is 12.6 Å². The van der Waals surface area contributed by atoms with Gasteiger partial charge in [-0.25, -0.2) is 0 Å². The summed E-state index contributed by atoms with van der Waals surface area (Å²) in [5.74, 6) is 2.96. The lowest BCUT2D eigenvalue weighted by Crippen LogP contribution is -2.34. The lowest BCUT2D eigenvalue weighted by molar-refractivity contribution is 0.409. The molecule has 3 heterocycles. The van der Waals surface area contributed by atoms with Crippen LogP contribution in [0.4, 0.5) is 0 Å². The Morgan fingerprint density at radius 3 is 2.75 bits per heavy atom. The van der Waals surface area contributed by atoms with Crippen molar-refractivity contribution in [2.24, 2.45) is 0 Å². The number of hydrogen-bond acceptors (Lipinski definition) is 5. The number of benzene rings is 3. The zero-order valence-electron chi connectivity index (χ0n) is 18.0. The van der Waals surface area contributed by atoms with Crippen LogP contribution in [0.5, 0.6) is 17.2 Å². The van der Waals surface area contributed by atoms with Crippen LogP contribution in [-0.4, -0.2) is 24.7 Å². The van der Waals surface area contributed by atoms with Gasteiger partial charge in [-0.05, 0) is 65.4 Å². The van der Waals surface area contributed by atoms with E-state index in [1.165, 1.54) is 44.9 Å². The fourth-order valence-corrected chi connectivity index (χ4v) is 6.04. The highest BCUT2D eigenvalue weighted by atomic mass is 16.5. The first-order valence-corrected chi connectivity index (χ1v) is 11.4. The van der Waals surface area contributed by atoms with Gasteiger partial charge in [0.15, 0.2) is 0 Å². The monoisotopic (exact) mass is 426 g/mol. The van der Waals surface area contributed by atoms with Crippen molar-refractivity contribution in [1.82, 2.24) is 21.2 Å². The molecular weight excluding hydrogens is 400 g/mol. The van der Waals surface area contributed by atoms with Gasteiger partial charge < -0.3 is 19.8 Å². The summed E-state index contributed by atoms with van der Waals surface area (Å²) < 4.78 is 11.6. The molecule has 0 radical (unpaired) electrons. The zero-order chi connectivity index (χ0) is 21.2. The van der Waals surface area contributed by atoms with E-state index in [2.05, 4.69) is 33.3 Å². The lowest BCUT2D eigenvalue weighted by atomic mass is 9.76. The second kappa shape index (κ2) is 6.97. The van der Waals surface area contributed by atoms with E-state index in [1.54, 1.807) is 12.7 Å². The molecule has 3 aliphatic rings. The topological polar surface area (TPSA) is 70.3 Å². The summed E-state index contributed by atoms with van der Waals surface area (Å²) in [6.07, 6.45) is 2.28. The van der Waals surface area contributed by atoms with E-state index >= 15 is 0 Å². The third-order valence-corrected chi connectivity index (χ3v) is 7.44. The van der Waals surface area contributed by atoms with E-state index in [4.69, 9.17) is 9.47 Å². The molecule has 3 aromatic carbocycles. The number of ether oxygens (including phenoxy) is 2. The van der Waals surface area contributed by atoms with Crippen LogP contribution in [0.1, 0.15) is 34.6 Å². The van der Waals surface area contributed by atoms with Crippen molar-refractivity contribution in [1.29, 1.82) is 0 Å². The number of H-pyrrole nitrogens is 1. The van der Waals surface area contributed by atoms with Crippen molar-refractivity contribution < 1.29 is 9.47 Å². The fraction of sp³-hybridized carbons (Fsp3) is 0.308. The van der Waals surface area contributed by atoms with E-state index in [9.17, 15) is 0 Å². The summed E-state index contributed by atoms with van der Waals surface area (Å²) in [6, 6.07) is 14.7. The summed E-state index contributed by atoms with van der Waals surface area (Å²) in [6.45, 7) is 2.89. The molecule has 2 aliphatic heterocycles. The average molecular weight is 427 g/mol. The number of methoxy groups -OCH3 is 1. The van der Waals surface area contributed by atoms with Crippen molar-refractivity contribution in [3.63, 3.8) is 0 Å². The Balaban J connectivity index is 1.41. The smallest absolute Gasteiger partial charge is 0.131 e. The van der Waals surface area contributed by atoms with Gasteiger partial charge in [-0.2, -0.15) is 0 Å². The number of aryl methyl sites for hydroxylation is 1. The predicted molar refractivity (Wildman–Crippen MR) is 125 cm³/mol. The molecule has 6 nitrogen and oxygen atoms in total. The Kier molecular flexibility index (Phi) is 4.03. The molecule has 1 aliphatic carbocycles. The molecule has 162 valence electrons. The highest BCUT2D eigenvalue weighted by Gasteiger charge is 2.38. The molecule has 4 N–H and O–H groups in total. The van der Waals surface area contributed by atoms with E-state index in [0.29, 0.717) is 12.0 Å². The van der Waals surface area contributed by atoms with Crippen molar-refractivity contribution >= 4 is 21.8 Å². The normalized spacial score (nSPS) is 21.5. The minimum Gasteiger partial charge on any atom is -0.497 e. The largest absolute Gasteiger partial charge is 0.497 e. The molecule has 1 saturated heterocycles. The summed E-state index contributed by atoms with van der Waals surface area (Å²) >= 11 is 0. The van der Waals surface area contributed by atoms with Gasteiger partial charge in [-0.15, -0.1) is 0 Å². The van der Waals surface area contributed by atoms with Gasteiger partial charge in [0.1, 0.15) is 17.2 Å². The average Bonchev–Trinajstić information content (AvgIpc) is 3.56. The Bertz CT molecular complexity index is 1380. The van der Waals surface area contributed by atoms with E-state index in [0.717, 1.165) is 43.3 Å². The first-order chi connectivity index (χ1) is 15.8. The summed E-state index contributed by atoms with van der Waals surface area (Å²) in [5, 5.41) is 6.24. The molecule has 1 fully saturated rings. The summed E-state index contributed by atoms with van der Waals surface area (Å²) in [7, 11) is 1.67. The highest BCUT2D eigenvalue weighted by molar-refractivity contribution is 6.11. The highest BCUT2D eigenvalue weighted by Crippen LogP contribution is 2.45. The lowest BCUT2D eigenvalue weighted by Gasteiger charge is -2.30. The number of hydrazine groups is 1. The molecule has 0 spiro atoms. The second-order valence-electron chi connectivity index (χ2n) is 9.09.